The maximum Gasteiger partial charge on any atom is 0.121 e. The molecule has 13 heavy (non-hydrogen) atoms. The number of ether oxygens (including phenoxy) is 1. The standard InChI is InChI=1S/C9H19FN2O/c1-2-4-11-9-8-12(5-3-10)6-7-13-9/h9,11H,2-8H2,1H3. The van der Waals surface area contributed by atoms with Crippen LogP contribution in [0.1, 0.15) is 13.3 Å². The van der Waals surface area contributed by atoms with Gasteiger partial charge < -0.3 is 4.74 Å². The van der Waals surface area contributed by atoms with Gasteiger partial charge in [0.25, 0.3) is 0 Å². The number of alkyl halides is 1. The average Bonchev–Trinajstić information content (AvgIpc) is 2.16. The second-order valence-corrected chi connectivity index (χ2v) is 3.30. The van der Waals surface area contributed by atoms with E-state index in [-0.39, 0.29) is 12.9 Å². The lowest BCUT2D eigenvalue weighted by Gasteiger charge is -2.32. The van der Waals surface area contributed by atoms with Crippen LogP contribution in [-0.4, -0.2) is 50.6 Å². The van der Waals surface area contributed by atoms with Gasteiger partial charge in [0.2, 0.25) is 0 Å². The molecule has 1 aliphatic rings. The van der Waals surface area contributed by atoms with Gasteiger partial charge in [-0.15, -0.1) is 0 Å². The van der Waals surface area contributed by atoms with Crippen molar-refractivity contribution < 1.29 is 9.13 Å². The minimum absolute atomic E-state index is 0.0975. The van der Waals surface area contributed by atoms with Crippen molar-refractivity contribution >= 4 is 0 Å². The predicted molar refractivity (Wildman–Crippen MR) is 50.4 cm³/mol. The summed E-state index contributed by atoms with van der Waals surface area (Å²) in [4.78, 5) is 2.09. The summed E-state index contributed by atoms with van der Waals surface area (Å²) in [5.74, 6) is 0. The number of rotatable bonds is 5. The second-order valence-electron chi connectivity index (χ2n) is 3.30. The van der Waals surface area contributed by atoms with Crippen LogP contribution in [0.4, 0.5) is 4.39 Å². The highest BCUT2D eigenvalue weighted by atomic mass is 19.1. The SMILES string of the molecule is CCCNC1CN(CCF)CCO1. The molecule has 0 radical (unpaired) electrons. The topological polar surface area (TPSA) is 24.5 Å². The maximum absolute atomic E-state index is 12.1. The second kappa shape index (κ2) is 6.29. The summed E-state index contributed by atoms with van der Waals surface area (Å²) in [6, 6.07) is 0. The van der Waals surface area contributed by atoms with E-state index in [0.717, 1.165) is 26.1 Å². The molecule has 0 aromatic rings. The van der Waals surface area contributed by atoms with E-state index in [4.69, 9.17) is 4.74 Å². The van der Waals surface area contributed by atoms with Crippen molar-refractivity contribution in [3.05, 3.63) is 0 Å². The Labute approximate surface area is 79.2 Å². The smallest absolute Gasteiger partial charge is 0.121 e. The third kappa shape index (κ3) is 4.02. The average molecular weight is 190 g/mol. The van der Waals surface area contributed by atoms with Crippen LogP contribution in [-0.2, 0) is 4.74 Å². The monoisotopic (exact) mass is 190 g/mol. The fourth-order valence-corrected chi connectivity index (χ4v) is 1.45. The van der Waals surface area contributed by atoms with Crippen molar-refractivity contribution in [3.63, 3.8) is 0 Å². The van der Waals surface area contributed by atoms with Gasteiger partial charge in [0.1, 0.15) is 12.9 Å². The molecule has 0 saturated carbocycles. The van der Waals surface area contributed by atoms with Crippen LogP contribution >= 0.6 is 0 Å². The highest BCUT2D eigenvalue weighted by molar-refractivity contribution is 4.69. The minimum atomic E-state index is -0.263. The van der Waals surface area contributed by atoms with E-state index in [1.54, 1.807) is 0 Å². The highest BCUT2D eigenvalue weighted by Crippen LogP contribution is 2.02. The van der Waals surface area contributed by atoms with Gasteiger partial charge in [-0.2, -0.15) is 0 Å². The maximum atomic E-state index is 12.1. The molecule has 0 aromatic heterocycles. The summed E-state index contributed by atoms with van der Waals surface area (Å²) in [7, 11) is 0. The molecular formula is C9H19FN2O. The van der Waals surface area contributed by atoms with Crippen LogP contribution in [0.5, 0.6) is 0 Å². The molecule has 1 aliphatic heterocycles. The molecule has 0 spiro atoms. The summed E-state index contributed by atoms with van der Waals surface area (Å²) in [5, 5.41) is 3.27. The zero-order valence-corrected chi connectivity index (χ0v) is 8.26. The lowest BCUT2D eigenvalue weighted by Crippen LogP contribution is -2.49. The molecule has 1 atom stereocenters. The Hall–Kier alpha value is -0.190. The number of hydrogen-bond donors (Lipinski definition) is 1. The molecule has 1 rings (SSSR count). The van der Waals surface area contributed by atoms with Gasteiger partial charge >= 0.3 is 0 Å². The first kappa shape index (κ1) is 10.9. The zero-order valence-electron chi connectivity index (χ0n) is 8.26. The van der Waals surface area contributed by atoms with Gasteiger partial charge in [-0.1, -0.05) is 6.92 Å². The highest BCUT2D eigenvalue weighted by Gasteiger charge is 2.18. The van der Waals surface area contributed by atoms with E-state index in [1.165, 1.54) is 0 Å². The van der Waals surface area contributed by atoms with Crippen molar-refractivity contribution in [2.45, 2.75) is 19.6 Å². The van der Waals surface area contributed by atoms with Crippen molar-refractivity contribution in [2.75, 3.05) is 39.5 Å². The van der Waals surface area contributed by atoms with Gasteiger partial charge in [0, 0.05) is 19.6 Å². The van der Waals surface area contributed by atoms with Gasteiger partial charge in [0.15, 0.2) is 0 Å². The predicted octanol–water partition coefficient (Wildman–Crippen LogP) is 0.614. The molecule has 0 amide bonds. The Morgan fingerprint density at radius 1 is 1.62 bits per heavy atom. The van der Waals surface area contributed by atoms with E-state index in [0.29, 0.717) is 13.2 Å². The van der Waals surface area contributed by atoms with E-state index < -0.39 is 0 Å². The molecule has 1 unspecified atom stereocenters. The van der Waals surface area contributed by atoms with Crippen LogP contribution in [0.25, 0.3) is 0 Å². The number of hydrogen-bond acceptors (Lipinski definition) is 3. The van der Waals surface area contributed by atoms with Crippen LogP contribution in [0.15, 0.2) is 0 Å². The first-order valence-electron chi connectivity index (χ1n) is 5.00. The fourth-order valence-electron chi connectivity index (χ4n) is 1.45. The van der Waals surface area contributed by atoms with Crippen molar-refractivity contribution in [3.8, 4) is 0 Å². The molecule has 78 valence electrons. The van der Waals surface area contributed by atoms with Gasteiger partial charge in [-0.25, -0.2) is 4.39 Å². The molecule has 0 bridgehead atoms. The Morgan fingerprint density at radius 3 is 3.15 bits per heavy atom. The Balaban J connectivity index is 2.16. The fraction of sp³-hybridized carbons (Fsp3) is 1.00. The van der Waals surface area contributed by atoms with Crippen molar-refractivity contribution in [2.24, 2.45) is 0 Å². The summed E-state index contributed by atoms with van der Waals surface area (Å²) in [6.07, 6.45) is 1.20. The van der Waals surface area contributed by atoms with Crippen LogP contribution in [0, 0.1) is 0 Å². The molecule has 0 aliphatic carbocycles. The van der Waals surface area contributed by atoms with Crippen LogP contribution < -0.4 is 5.32 Å². The summed E-state index contributed by atoms with van der Waals surface area (Å²) in [6.45, 7) is 5.73. The molecule has 1 fully saturated rings. The molecule has 1 saturated heterocycles. The number of halogens is 1. The summed E-state index contributed by atoms with van der Waals surface area (Å²) in [5.41, 5.74) is 0. The van der Waals surface area contributed by atoms with Crippen LogP contribution in [0.2, 0.25) is 0 Å². The van der Waals surface area contributed by atoms with E-state index >= 15 is 0 Å². The third-order valence-electron chi connectivity index (χ3n) is 2.17. The third-order valence-corrected chi connectivity index (χ3v) is 2.17. The Bertz CT molecular complexity index is 133. The van der Waals surface area contributed by atoms with E-state index in [1.807, 2.05) is 0 Å². The summed E-state index contributed by atoms with van der Waals surface area (Å²) >= 11 is 0. The number of nitrogens with zero attached hydrogens (tertiary/aromatic N) is 1. The summed E-state index contributed by atoms with van der Waals surface area (Å²) < 4.78 is 17.5. The van der Waals surface area contributed by atoms with Gasteiger partial charge in [0.05, 0.1) is 6.61 Å². The molecule has 0 aromatic carbocycles. The van der Waals surface area contributed by atoms with Gasteiger partial charge in [-0.3, -0.25) is 10.2 Å². The molecule has 4 heteroatoms. The molecule has 1 N–H and O–H groups in total. The first-order valence-corrected chi connectivity index (χ1v) is 5.00. The van der Waals surface area contributed by atoms with Crippen molar-refractivity contribution in [1.82, 2.24) is 10.2 Å². The zero-order chi connectivity index (χ0) is 9.52. The molecule has 3 nitrogen and oxygen atoms in total. The Kier molecular flexibility index (Phi) is 5.27. The van der Waals surface area contributed by atoms with E-state index in [9.17, 15) is 4.39 Å². The van der Waals surface area contributed by atoms with Crippen molar-refractivity contribution in [1.29, 1.82) is 0 Å². The van der Waals surface area contributed by atoms with Gasteiger partial charge in [-0.05, 0) is 13.0 Å². The number of morpholine rings is 1. The Morgan fingerprint density at radius 2 is 2.46 bits per heavy atom. The largest absolute Gasteiger partial charge is 0.361 e. The lowest BCUT2D eigenvalue weighted by molar-refractivity contribution is -0.0461. The molecule has 1 heterocycles. The van der Waals surface area contributed by atoms with E-state index in [2.05, 4.69) is 17.1 Å². The quantitative estimate of drug-likeness (QED) is 0.687. The normalized spacial score (nSPS) is 24.9. The first-order chi connectivity index (χ1) is 6.36. The molecular weight excluding hydrogens is 171 g/mol. The number of nitrogens with one attached hydrogen (secondary N) is 1. The lowest BCUT2D eigenvalue weighted by atomic mass is 10.3. The minimum Gasteiger partial charge on any atom is -0.361 e. The van der Waals surface area contributed by atoms with Crippen LogP contribution in [0.3, 0.4) is 0 Å².